The lowest BCUT2D eigenvalue weighted by molar-refractivity contribution is 0.0527. The van der Waals surface area contributed by atoms with Crippen LogP contribution in [-0.2, 0) is 18.3 Å². The van der Waals surface area contributed by atoms with Gasteiger partial charge in [0.15, 0.2) is 5.96 Å². The summed E-state index contributed by atoms with van der Waals surface area (Å²) in [7, 11) is 3.60. The highest BCUT2D eigenvalue weighted by Gasteiger charge is 2.15. The van der Waals surface area contributed by atoms with Crippen LogP contribution in [0.1, 0.15) is 32.8 Å². The Morgan fingerprint density at radius 3 is 2.57 bits per heavy atom. The van der Waals surface area contributed by atoms with E-state index < -0.39 is 11.7 Å². The Bertz CT molecular complexity index is 518. The number of carbonyl (C=O) groups excluding carboxylic acids is 1. The van der Waals surface area contributed by atoms with Gasteiger partial charge in [-0.25, -0.2) is 4.79 Å². The van der Waals surface area contributed by atoms with Gasteiger partial charge in [-0.05, 0) is 27.2 Å². The lowest BCUT2D eigenvalue weighted by Crippen LogP contribution is -2.39. The highest BCUT2D eigenvalue weighted by Crippen LogP contribution is 2.06. The molecule has 0 aliphatic heterocycles. The van der Waals surface area contributed by atoms with Crippen molar-refractivity contribution in [2.45, 2.75) is 39.3 Å². The van der Waals surface area contributed by atoms with Gasteiger partial charge < -0.3 is 20.7 Å². The second-order valence-corrected chi connectivity index (χ2v) is 6.16. The molecule has 1 aromatic rings. The van der Waals surface area contributed by atoms with E-state index in [4.69, 9.17) is 4.74 Å². The Hall–Kier alpha value is -2.25. The summed E-state index contributed by atoms with van der Waals surface area (Å²) in [5, 5.41) is 13.2. The molecular formula is C15H28N6O2. The number of aromatic nitrogens is 2. The molecule has 0 unspecified atom stereocenters. The molecule has 0 aliphatic carbocycles. The number of alkyl carbamates (subject to hydrolysis) is 1. The van der Waals surface area contributed by atoms with Gasteiger partial charge in [0, 0.05) is 45.5 Å². The van der Waals surface area contributed by atoms with Crippen molar-refractivity contribution in [2.24, 2.45) is 12.0 Å². The lowest BCUT2D eigenvalue weighted by atomic mass is 10.2. The highest BCUT2D eigenvalue weighted by molar-refractivity contribution is 5.79. The molecule has 0 fully saturated rings. The molecule has 130 valence electrons. The Morgan fingerprint density at radius 1 is 1.30 bits per heavy atom. The minimum atomic E-state index is -0.472. The van der Waals surface area contributed by atoms with Gasteiger partial charge in [-0.1, -0.05) is 0 Å². The van der Waals surface area contributed by atoms with Gasteiger partial charge in [-0.3, -0.25) is 9.67 Å². The molecule has 8 heteroatoms. The molecule has 8 nitrogen and oxygen atoms in total. The largest absolute Gasteiger partial charge is 0.444 e. The molecule has 0 spiro atoms. The van der Waals surface area contributed by atoms with Gasteiger partial charge in [-0.2, -0.15) is 5.10 Å². The molecule has 0 bridgehead atoms. The topological polar surface area (TPSA) is 92.6 Å². The number of nitrogens with zero attached hydrogens (tertiary/aromatic N) is 3. The number of hydrogen-bond acceptors (Lipinski definition) is 4. The zero-order valence-corrected chi connectivity index (χ0v) is 14.6. The van der Waals surface area contributed by atoms with E-state index in [-0.39, 0.29) is 0 Å². The summed E-state index contributed by atoms with van der Waals surface area (Å²) in [5.41, 5.74) is 0.614. The standard InChI is InChI=1S/C15H28N6O2/c1-15(2,3)23-14(22)18-8-6-7-17-13(16-4)19-9-12-10-20-21(5)11-12/h10-11H,6-9H2,1-5H3,(H,18,22)(H2,16,17,19). The summed E-state index contributed by atoms with van der Waals surface area (Å²) in [5.74, 6) is 0.714. The molecule has 1 aromatic heterocycles. The number of hydrogen-bond donors (Lipinski definition) is 3. The van der Waals surface area contributed by atoms with E-state index in [1.807, 2.05) is 40.2 Å². The minimum absolute atomic E-state index is 0.392. The van der Waals surface area contributed by atoms with Gasteiger partial charge in [0.2, 0.25) is 0 Å². The molecule has 1 amide bonds. The first kappa shape index (κ1) is 18.8. The lowest BCUT2D eigenvalue weighted by Gasteiger charge is -2.19. The highest BCUT2D eigenvalue weighted by atomic mass is 16.6. The van der Waals surface area contributed by atoms with E-state index in [1.165, 1.54) is 0 Å². The molecule has 1 heterocycles. The van der Waals surface area contributed by atoms with Crippen LogP contribution in [0.3, 0.4) is 0 Å². The Balaban J connectivity index is 2.14. The molecule has 1 rings (SSSR count). The third-order valence-electron chi connectivity index (χ3n) is 2.76. The first-order valence-corrected chi connectivity index (χ1v) is 7.69. The number of carbonyl (C=O) groups is 1. The first-order valence-electron chi connectivity index (χ1n) is 7.69. The van der Waals surface area contributed by atoms with Crippen molar-refractivity contribution in [2.75, 3.05) is 20.1 Å². The second kappa shape index (κ2) is 9.02. The number of amides is 1. The summed E-state index contributed by atoms with van der Waals surface area (Å²) < 4.78 is 6.92. The van der Waals surface area contributed by atoms with E-state index in [2.05, 4.69) is 26.0 Å². The van der Waals surface area contributed by atoms with Crippen LogP contribution in [0.25, 0.3) is 0 Å². The SMILES string of the molecule is CN=C(NCCCNC(=O)OC(C)(C)C)NCc1cnn(C)c1. The monoisotopic (exact) mass is 324 g/mol. The number of rotatable bonds is 6. The van der Waals surface area contributed by atoms with Crippen molar-refractivity contribution >= 4 is 12.1 Å². The third-order valence-corrected chi connectivity index (χ3v) is 2.76. The summed E-state index contributed by atoms with van der Waals surface area (Å²) in [6.07, 6.45) is 4.14. The van der Waals surface area contributed by atoms with Crippen molar-refractivity contribution in [3.8, 4) is 0 Å². The molecule has 0 aliphatic rings. The van der Waals surface area contributed by atoms with Crippen molar-refractivity contribution in [1.82, 2.24) is 25.7 Å². The van der Waals surface area contributed by atoms with Crippen molar-refractivity contribution in [3.05, 3.63) is 18.0 Å². The Kier molecular flexibility index (Phi) is 7.37. The molecule has 0 saturated carbocycles. The molecule has 0 aromatic carbocycles. The van der Waals surface area contributed by atoms with Gasteiger partial charge >= 0.3 is 6.09 Å². The second-order valence-electron chi connectivity index (χ2n) is 6.16. The normalized spacial score (nSPS) is 12.0. The fraction of sp³-hybridized carbons (Fsp3) is 0.667. The van der Waals surface area contributed by atoms with Crippen LogP contribution in [0, 0.1) is 0 Å². The van der Waals surface area contributed by atoms with Crippen LogP contribution in [0.4, 0.5) is 4.79 Å². The summed E-state index contributed by atoms with van der Waals surface area (Å²) in [6.45, 7) is 7.41. The summed E-state index contributed by atoms with van der Waals surface area (Å²) in [4.78, 5) is 15.6. The minimum Gasteiger partial charge on any atom is -0.444 e. The van der Waals surface area contributed by atoms with Crippen LogP contribution in [-0.4, -0.2) is 47.6 Å². The predicted octanol–water partition coefficient (Wildman–Crippen LogP) is 1.000. The number of ether oxygens (including phenoxy) is 1. The maximum atomic E-state index is 11.5. The zero-order chi connectivity index (χ0) is 17.3. The van der Waals surface area contributed by atoms with Gasteiger partial charge in [0.05, 0.1) is 6.20 Å². The Morgan fingerprint density at radius 2 is 2.00 bits per heavy atom. The van der Waals surface area contributed by atoms with Gasteiger partial charge in [0.1, 0.15) is 5.60 Å². The summed E-state index contributed by atoms with van der Waals surface area (Å²) in [6, 6.07) is 0. The van der Waals surface area contributed by atoms with Crippen LogP contribution >= 0.6 is 0 Å². The van der Waals surface area contributed by atoms with E-state index in [0.717, 1.165) is 12.0 Å². The molecule has 0 radical (unpaired) electrons. The smallest absolute Gasteiger partial charge is 0.407 e. The molecular weight excluding hydrogens is 296 g/mol. The van der Waals surface area contributed by atoms with E-state index in [0.29, 0.717) is 25.6 Å². The van der Waals surface area contributed by atoms with Crippen LogP contribution < -0.4 is 16.0 Å². The van der Waals surface area contributed by atoms with Crippen molar-refractivity contribution < 1.29 is 9.53 Å². The molecule has 23 heavy (non-hydrogen) atoms. The van der Waals surface area contributed by atoms with Crippen LogP contribution in [0.15, 0.2) is 17.4 Å². The van der Waals surface area contributed by atoms with Gasteiger partial charge in [-0.15, -0.1) is 0 Å². The predicted molar refractivity (Wildman–Crippen MR) is 90.3 cm³/mol. The number of aliphatic imine (C=N–C) groups is 1. The molecule has 0 atom stereocenters. The Labute approximate surface area is 137 Å². The summed E-state index contributed by atoms with van der Waals surface area (Å²) >= 11 is 0. The van der Waals surface area contributed by atoms with Gasteiger partial charge in [0.25, 0.3) is 0 Å². The molecule has 3 N–H and O–H groups in total. The fourth-order valence-corrected chi connectivity index (χ4v) is 1.77. The number of nitrogens with one attached hydrogen (secondary N) is 3. The van der Waals surface area contributed by atoms with Crippen LogP contribution in [0.2, 0.25) is 0 Å². The average Bonchev–Trinajstić information content (AvgIpc) is 2.85. The fourth-order valence-electron chi connectivity index (χ4n) is 1.77. The van der Waals surface area contributed by atoms with E-state index >= 15 is 0 Å². The van der Waals surface area contributed by atoms with Crippen LogP contribution in [0.5, 0.6) is 0 Å². The number of aryl methyl sites for hydroxylation is 1. The number of guanidine groups is 1. The quantitative estimate of drug-likeness (QED) is 0.412. The first-order chi connectivity index (χ1) is 10.8. The maximum Gasteiger partial charge on any atom is 0.407 e. The molecule has 0 saturated heterocycles. The zero-order valence-electron chi connectivity index (χ0n) is 14.6. The average molecular weight is 324 g/mol. The third kappa shape index (κ3) is 8.70. The van der Waals surface area contributed by atoms with Crippen molar-refractivity contribution in [1.29, 1.82) is 0 Å². The van der Waals surface area contributed by atoms with Crippen molar-refractivity contribution in [3.63, 3.8) is 0 Å². The van der Waals surface area contributed by atoms with E-state index in [9.17, 15) is 4.79 Å². The van der Waals surface area contributed by atoms with E-state index in [1.54, 1.807) is 11.7 Å². The maximum absolute atomic E-state index is 11.5.